The molecule has 6 nitrogen and oxygen atoms in total. The topological polar surface area (TPSA) is 72.1 Å². The molecule has 0 radical (unpaired) electrons. The van der Waals surface area contributed by atoms with Gasteiger partial charge in [-0.3, -0.25) is 9.78 Å². The van der Waals surface area contributed by atoms with E-state index in [0.717, 1.165) is 18.4 Å². The second-order valence-corrected chi connectivity index (χ2v) is 7.42. The SMILES string of the molecule is C[C@@]1(c2ncc(Cc3cccc(F)c3)o2)CCCN(C(=O)c2cnccn2)C1. The van der Waals surface area contributed by atoms with Crippen molar-refractivity contribution < 1.29 is 13.6 Å². The third-order valence-electron chi connectivity index (χ3n) is 5.10. The van der Waals surface area contributed by atoms with E-state index < -0.39 is 0 Å². The molecule has 0 aliphatic carbocycles. The fourth-order valence-corrected chi connectivity index (χ4v) is 3.68. The van der Waals surface area contributed by atoms with Gasteiger partial charge in [-0.15, -0.1) is 0 Å². The molecule has 3 heterocycles. The Morgan fingerprint density at radius 3 is 2.96 bits per heavy atom. The predicted octanol–water partition coefficient (Wildman–Crippen LogP) is 3.39. The van der Waals surface area contributed by atoms with Crippen molar-refractivity contribution in [3.8, 4) is 0 Å². The Balaban J connectivity index is 1.50. The largest absolute Gasteiger partial charge is 0.445 e. The van der Waals surface area contributed by atoms with Crippen molar-refractivity contribution in [2.24, 2.45) is 0 Å². The lowest BCUT2D eigenvalue weighted by Crippen LogP contribution is -2.47. The van der Waals surface area contributed by atoms with E-state index in [9.17, 15) is 9.18 Å². The van der Waals surface area contributed by atoms with Gasteiger partial charge >= 0.3 is 0 Å². The van der Waals surface area contributed by atoms with Gasteiger partial charge in [0.1, 0.15) is 17.3 Å². The van der Waals surface area contributed by atoms with Crippen LogP contribution >= 0.6 is 0 Å². The van der Waals surface area contributed by atoms with E-state index in [0.29, 0.717) is 36.9 Å². The third kappa shape index (κ3) is 3.78. The quantitative estimate of drug-likeness (QED) is 0.694. The zero-order chi connectivity index (χ0) is 19.6. The van der Waals surface area contributed by atoms with Crippen LogP contribution < -0.4 is 0 Å². The third-order valence-corrected chi connectivity index (χ3v) is 5.10. The Labute approximate surface area is 162 Å². The van der Waals surface area contributed by atoms with E-state index in [2.05, 4.69) is 21.9 Å². The summed E-state index contributed by atoms with van der Waals surface area (Å²) in [5.74, 6) is 0.884. The van der Waals surface area contributed by atoms with Gasteiger partial charge < -0.3 is 9.32 Å². The average molecular weight is 380 g/mol. The number of likely N-dealkylation sites (tertiary alicyclic amines) is 1. The highest BCUT2D eigenvalue weighted by atomic mass is 19.1. The van der Waals surface area contributed by atoms with Crippen molar-refractivity contribution in [3.63, 3.8) is 0 Å². The molecule has 2 aromatic heterocycles. The molecule has 3 aromatic rings. The number of nitrogens with zero attached hydrogens (tertiary/aromatic N) is 4. The van der Waals surface area contributed by atoms with E-state index in [4.69, 9.17) is 4.42 Å². The van der Waals surface area contributed by atoms with Crippen LogP contribution in [-0.4, -0.2) is 38.8 Å². The minimum absolute atomic E-state index is 0.134. The van der Waals surface area contributed by atoms with Gasteiger partial charge in [-0.05, 0) is 37.5 Å². The first-order chi connectivity index (χ1) is 13.5. The van der Waals surface area contributed by atoms with Gasteiger partial charge in [-0.2, -0.15) is 0 Å². The summed E-state index contributed by atoms with van der Waals surface area (Å²) in [6.45, 7) is 3.23. The van der Waals surface area contributed by atoms with Gasteiger partial charge in [0.2, 0.25) is 5.89 Å². The first-order valence-corrected chi connectivity index (χ1v) is 9.28. The molecule has 0 bridgehead atoms. The smallest absolute Gasteiger partial charge is 0.274 e. The first-order valence-electron chi connectivity index (χ1n) is 9.28. The Bertz CT molecular complexity index is 975. The maximum absolute atomic E-state index is 13.4. The predicted molar refractivity (Wildman–Crippen MR) is 100 cm³/mol. The van der Waals surface area contributed by atoms with Gasteiger partial charge in [0.15, 0.2) is 0 Å². The summed E-state index contributed by atoms with van der Waals surface area (Å²) in [6.07, 6.45) is 8.43. The monoisotopic (exact) mass is 380 g/mol. The minimum Gasteiger partial charge on any atom is -0.445 e. The second kappa shape index (κ2) is 7.50. The Hall–Kier alpha value is -3.09. The minimum atomic E-state index is -0.379. The van der Waals surface area contributed by atoms with E-state index in [1.54, 1.807) is 23.4 Å². The molecule has 1 aliphatic rings. The summed E-state index contributed by atoms with van der Waals surface area (Å²) in [5, 5.41) is 0. The van der Waals surface area contributed by atoms with Gasteiger partial charge in [0.05, 0.1) is 17.8 Å². The molecule has 1 fully saturated rings. The lowest BCUT2D eigenvalue weighted by Gasteiger charge is -2.38. The number of piperidine rings is 1. The maximum Gasteiger partial charge on any atom is 0.274 e. The van der Waals surface area contributed by atoms with Gasteiger partial charge in [-0.25, -0.2) is 14.4 Å². The number of benzene rings is 1. The number of oxazole rings is 1. The van der Waals surface area contributed by atoms with E-state index in [1.807, 2.05) is 6.07 Å². The number of aromatic nitrogens is 3. The van der Waals surface area contributed by atoms with Gasteiger partial charge in [-0.1, -0.05) is 12.1 Å². The van der Waals surface area contributed by atoms with Crippen LogP contribution in [0.25, 0.3) is 0 Å². The zero-order valence-electron chi connectivity index (χ0n) is 15.6. The van der Waals surface area contributed by atoms with Crippen LogP contribution in [0.1, 0.15) is 47.5 Å². The van der Waals surface area contributed by atoms with Crippen LogP contribution in [-0.2, 0) is 11.8 Å². The van der Waals surface area contributed by atoms with E-state index in [1.165, 1.54) is 24.5 Å². The van der Waals surface area contributed by atoms with E-state index >= 15 is 0 Å². The Morgan fingerprint density at radius 2 is 2.18 bits per heavy atom. The normalized spacial score (nSPS) is 19.6. The molecule has 4 rings (SSSR count). The molecule has 0 unspecified atom stereocenters. The van der Waals surface area contributed by atoms with Gasteiger partial charge in [0.25, 0.3) is 5.91 Å². The number of amides is 1. The van der Waals surface area contributed by atoms with Crippen LogP contribution in [0.4, 0.5) is 4.39 Å². The Kier molecular flexibility index (Phi) is 4.90. The van der Waals surface area contributed by atoms with Crippen LogP contribution in [0.5, 0.6) is 0 Å². The lowest BCUT2D eigenvalue weighted by molar-refractivity contribution is 0.0619. The number of carbonyl (C=O) groups is 1. The van der Waals surface area contributed by atoms with E-state index in [-0.39, 0.29) is 17.1 Å². The molecule has 28 heavy (non-hydrogen) atoms. The molecule has 1 amide bonds. The highest BCUT2D eigenvalue weighted by Gasteiger charge is 2.39. The number of rotatable bonds is 4. The summed E-state index contributed by atoms with van der Waals surface area (Å²) in [5.41, 5.74) is 0.790. The summed E-state index contributed by atoms with van der Waals surface area (Å²) >= 11 is 0. The van der Waals surface area contributed by atoms with Crippen LogP contribution in [0, 0.1) is 5.82 Å². The van der Waals surface area contributed by atoms with Crippen LogP contribution in [0.15, 0.2) is 53.5 Å². The molecular weight excluding hydrogens is 359 g/mol. The molecular formula is C21H21FN4O2. The molecule has 0 saturated carbocycles. The molecule has 1 aromatic carbocycles. The first kappa shape index (κ1) is 18.3. The van der Waals surface area contributed by atoms with Crippen molar-refractivity contribution in [3.05, 3.63) is 77.8 Å². The van der Waals surface area contributed by atoms with Crippen molar-refractivity contribution >= 4 is 5.91 Å². The molecule has 0 N–H and O–H groups in total. The summed E-state index contributed by atoms with van der Waals surface area (Å²) < 4.78 is 19.4. The maximum atomic E-state index is 13.4. The summed E-state index contributed by atoms with van der Waals surface area (Å²) in [6, 6.07) is 6.45. The van der Waals surface area contributed by atoms with Crippen molar-refractivity contribution in [2.45, 2.75) is 31.6 Å². The lowest BCUT2D eigenvalue weighted by atomic mass is 9.81. The average Bonchev–Trinajstić information content (AvgIpc) is 3.18. The summed E-state index contributed by atoms with van der Waals surface area (Å²) in [7, 11) is 0. The molecule has 1 saturated heterocycles. The number of halogens is 1. The molecule has 0 spiro atoms. The van der Waals surface area contributed by atoms with Crippen LogP contribution in [0.3, 0.4) is 0 Å². The number of hydrogen-bond donors (Lipinski definition) is 0. The zero-order valence-corrected chi connectivity index (χ0v) is 15.6. The van der Waals surface area contributed by atoms with Crippen molar-refractivity contribution in [1.82, 2.24) is 19.9 Å². The number of hydrogen-bond acceptors (Lipinski definition) is 5. The van der Waals surface area contributed by atoms with Crippen LogP contribution in [0.2, 0.25) is 0 Å². The highest BCUT2D eigenvalue weighted by Crippen LogP contribution is 2.34. The van der Waals surface area contributed by atoms with Crippen molar-refractivity contribution in [2.75, 3.05) is 13.1 Å². The fraction of sp³-hybridized carbons (Fsp3) is 0.333. The highest BCUT2D eigenvalue weighted by molar-refractivity contribution is 5.92. The molecule has 144 valence electrons. The van der Waals surface area contributed by atoms with Gasteiger partial charge in [0, 0.05) is 31.9 Å². The Morgan fingerprint density at radius 1 is 1.29 bits per heavy atom. The molecule has 1 atom stereocenters. The molecule has 1 aliphatic heterocycles. The van der Waals surface area contributed by atoms with Crippen molar-refractivity contribution in [1.29, 1.82) is 0 Å². The number of carbonyl (C=O) groups excluding carboxylic acids is 1. The fourth-order valence-electron chi connectivity index (χ4n) is 3.68. The second-order valence-electron chi connectivity index (χ2n) is 7.42. The standard InChI is InChI=1S/C21H21FN4O2/c1-21(6-3-9-26(14-21)19(27)18-13-23-7-8-24-18)20-25-12-17(28-20)11-15-4-2-5-16(22)10-15/h2,4-5,7-8,10,12-13H,3,6,9,11,14H2,1H3/t21-/m1/s1. The molecule has 7 heteroatoms. The summed E-state index contributed by atoms with van der Waals surface area (Å²) in [4.78, 5) is 27.1.